The van der Waals surface area contributed by atoms with E-state index in [1.165, 1.54) is 11.4 Å². The molecule has 0 aromatic carbocycles. The Kier molecular flexibility index (Phi) is 6.71. The average Bonchev–Trinajstić information content (AvgIpc) is 2.33. The van der Waals surface area contributed by atoms with Crippen LogP contribution in [0.4, 0.5) is 0 Å². The Bertz CT molecular complexity index is 462. The third kappa shape index (κ3) is 4.96. The second-order valence-corrected chi connectivity index (χ2v) is 9.79. The van der Waals surface area contributed by atoms with Crippen molar-refractivity contribution in [1.29, 1.82) is 0 Å². The SMILES string of the molecule is COCCN(CCBr)S(=O)(=O)C1CCS(=O)(=O)CC1. The molecule has 0 unspecified atom stereocenters. The molecule has 0 aromatic rings. The van der Waals surface area contributed by atoms with E-state index >= 15 is 0 Å². The normalized spacial score (nSPS) is 20.8. The summed E-state index contributed by atoms with van der Waals surface area (Å²) in [5.41, 5.74) is 0. The van der Waals surface area contributed by atoms with Gasteiger partial charge in [-0.05, 0) is 12.8 Å². The van der Waals surface area contributed by atoms with E-state index < -0.39 is 25.1 Å². The van der Waals surface area contributed by atoms with Crippen LogP contribution in [0.1, 0.15) is 12.8 Å². The molecule has 0 atom stereocenters. The van der Waals surface area contributed by atoms with E-state index in [0.29, 0.717) is 25.0 Å². The number of sulfonamides is 1. The van der Waals surface area contributed by atoms with Gasteiger partial charge in [-0.3, -0.25) is 0 Å². The monoisotopic (exact) mass is 377 g/mol. The second-order valence-electron chi connectivity index (χ2n) is 4.48. The van der Waals surface area contributed by atoms with E-state index in [4.69, 9.17) is 4.74 Å². The first-order chi connectivity index (χ1) is 8.83. The van der Waals surface area contributed by atoms with Crippen molar-refractivity contribution in [2.75, 3.05) is 43.6 Å². The predicted molar refractivity (Wildman–Crippen MR) is 77.8 cm³/mol. The van der Waals surface area contributed by atoms with Crippen LogP contribution < -0.4 is 0 Å². The minimum atomic E-state index is -3.45. The molecule has 6 nitrogen and oxygen atoms in total. The van der Waals surface area contributed by atoms with Gasteiger partial charge in [-0.15, -0.1) is 0 Å². The molecule has 1 aliphatic heterocycles. The molecule has 0 bridgehead atoms. The highest BCUT2D eigenvalue weighted by Gasteiger charge is 2.36. The van der Waals surface area contributed by atoms with Gasteiger partial charge >= 0.3 is 0 Å². The lowest BCUT2D eigenvalue weighted by atomic mass is 10.2. The molecule has 0 amide bonds. The number of nitrogens with zero attached hydrogens (tertiary/aromatic N) is 1. The summed E-state index contributed by atoms with van der Waals surface area (Å²) in [7, 11) is -4.98. The van der Waals surface area contributed by atoms with Crippen LogP contribution in [-0.4, -0.2) is 70.0 Å². The Morgan fingerprint density at radius 1 is 1.26 bits per heavy atom. The first-order valence-electron chi connectivity index (χ1n) is 6.08. The maximum atomic E-state index is 12.4. The summed E-state index contributed by atoms with van der Waals surface area (Å²) in [6, 6.07) is 0. The van der Waals surface area contributed by atoms with Gasteiger partial charge in [-0.25, -0.2) is 16.8 Å². The maximum Gasteiger partial charge on any atom is 0.217 e. The molecule has 0 spiro atoms. The van der Waals surface area contributed by atoms with Gasteiger partial charge in [0.1, 0.15) is 9.84 Å². The van der Waals surface area contributed by atoms with Gasteiger partial charge in [0, 0.05) is 25.5 Å². The first-order valence-corrected chi connectivity index (χ1v) is 10.5. The lowest BCUT2D eigenvalue weighted by molar-refractivity contribution is 0.180. The smallest absolute Gasteiger partial charge is 0.217 e. The fourth-order valence-electron chi connectivity index (χ4n) is 2.03. The molecule has 114 valence electrons. The maximum absolute atomic E-state index is 12.4. The Balaban J connectivity index is 2.76. The van der Waals surface area contributed by atoms with Gasteiger partial charge in [0.05, 0.1) is 23.4 Å². The number of rotatable bonds is 7. The standard InChI is InChI=1S/C10H20BrNO5S2/c1-17-7-6-12(5-4-11)19(15,16)10-2-8-18(13,14)9-3-10/h10H,2-9H2,1H3. The number of methoxy groups -OCH3 is 1. The summed E-state index contributed by atoms with van der Waals surface area (Å²) in [5.74, 6) is -0.0767. The molecule has 19 heavy (non-hydrogen) atoms. The van der Waals surface area contributed by atoms with Gasteiger partial charge in [-0.2, -0.15) is 4.31 Å². The highest BCUT2D eigenvalue weighted by atomic mass is 79.9. The van der Waals surface area contributed by atoms with E-state index in [9.17, 15) is 16.8 Å². The largest absolute Gasteiger partial charge is 0.383 e. The van der Waals surface area contributed by atoms with Gasteiger partial charge in [-0.1, -0.05) is 15.9 Å². The summed E-state index contributed by atoms with van der Waals surface area (Å²) in [4.78, 5) is 0. The van der Waals surface area contributed by atoms with Crippen LogP contribution in [0.3, 0.4) is 0 Å². The second kappa shape index (κ2) is 7.35. The molecule has 9 heteroatoms. The zero-order valence-corrected chi connectivity index (χ0v) is 14.1. The molecule has 1 rings (SSSR count). The molecule has 0 aliphatic carbocycles. The molecule has 0 saturated carbocycles. The van der Waals surface area contributed by atoms with Crippen molar-refractivity contribution in [3.8, 4) is 0 Å². The van der Waals surface area contributed by atoms with Crippen molar-refractivity contribution in [3.05, 3.63) is 0 Å². The Hall–Kier alpha value is 0.300. The number of hydrogen-bond acceptors (Lipinski definition) is 5. The summed E-state index contributed by atoms with van der Waals surface area (Å²) in [5, 5.41) is -0.0482. The lowest BCUT2D eigenvalue weighted by Gasteiger charge is -2.29. The van der Waals surface area contributed by atoms with Crippen LogP contribution in [0.5, 0.6) is 0 Å². The van der Waals surface area contributed by atoms with Crippen LogP contribution in [0, 0.1) is 0 Å². The number of alkyl halides is 1. The molecule has 0 radical (unpaired) electrons. The van der Waals surface area contributed by atoms with E-state index in [1.807, 2.05) is 0 Å². The van der Waals surface area contributed by atoms with Crippen LogP contribution in [0.15, 0.2) is 0 Å². The third-order valence-electron chi connectivity index (χ3n) is 3.16. The van der Waals surface area contributed by atoms with Crippen molar-refractivity contribution in [2.24, 2.45) is 0 Å². The molecular weight excluding hydrogens is 358 g/mol. The lowest BCUT2D eigenvalue weighted by Crippen LogP contribution is -2.44. The van der Waals surface area contributed by atoms with Crippen LogP contribution in [-0.2, 0) is 24.6 Å². The molecule has 1 aliphatic rings. The number of sulfone groups is 1. The van der Waals surface area contributed by atoms with Crippen LogP contribution >= 0.6 is 15.9 Å². The van der Waals surface area contributed by atoms with Gasteiger partial charge in [0.15, 0.2) is 0 Å². The summed E-state index contributed by atoms with van der Waals surface area (Å²) >= 11 is 3.23. The van der Waals surface area contributed by atoms with Crippen LogP contribution in [0.25, 0.3) is 0 Å². The minimum absolute atomic E-state index is 0.0384. The number of hydrogen-bond donors (Lipinski definition) is 0. The van der Waals surface area contributed by atoms with E-state index in [-0.39, 0.29) is 24.3 Å². The van der Waals surface area contributed by atoms with Crippen molar-refractivity contribution < 1.29 is 21.6 Å². The summed E-state index contributed by atoms with van der Waals surface area (Å²) in [6.45, 7) is 1.000. The molecule has 1 saturated heterocycles. The van der Waals surface area contributed by atoms with Gasteiger partial charge in [0.25, 0.3) is 0 Å². The summed E-state index contributed by atoms with van der Waals surface area (Å²) < 4.78 is 53.9. The highest BCUT2D eigenvalue weighted by molar-refractivity contribution is 9.09. The fraction of sp³-hybridized carbons (Fsp3) is 1.00. The average molecular weight is 378 g/mol. The number of ether oxygens (including phenoxy) is 1. The van der Waals surface area contributed by atoms with Crippen molar-refractivity contribution in [2.45, 2.75) is 18.1 Å². The van der Waals surface area contributed by atoms with Crippen molar-refractivity contribution >= 4 is 35.8 Å². The predicted octanol–water partition coefficient (Wildman–Crippen LogP) is 0.237. The summed E-state index contributed by atoms with van der Waals surface area (Å²) in [6.07, 6.45) is 0.382. The first kappa shape index (κ1) is 17.4. The molecular formula is C10H20BrNO5S2. The topological polar surface area (TPSA) is 80.8 Å². The Morgan fingerprint density at radius 2 is 1.84 bits per heavy atom. The van der Waals surface area contributed by atoms with E-state index in [2.05, 4.69) is 15.9 Å². The quantitative estimate of drug-likeness (QED) is 0.593. The Labute approximate surface area is 123 Å². The zero-order valence-electron chi connectivity index (χ0n) is 10.9. The third-order valence-corrected chi connectivity index (χ3v) is 7.63. The van der Waals surface area contributed by atoms with Crippen molar-refractivity contribution in [3.63, 3.8) is 0 Å². The molecule has 1 fully saturated rings. The van der Waals surface area contributed by atoms with Crippen LogP contribution in [0.2, 0.25) is 0 Å². The van der Waals surface area contributed by atoms with Gasteiger partial charge in [0.2, 0.25) is 10.0 Å². The Morgan fingerprint density at radius 3 is 2.32 bits per heavy atom. The molecule has 0 N–H and O–H groups in total. The minimum Gasteiger partial charge on any atom is -0.383 e. The van der Waals surface area contributed by atoms with E-state index in [0.717, 1.165) is 0 Å². The number of halogens is 1. The molecule has 1 heterocycles. The van der Waals surface area contributed by atoms with Gasteiger partial charge < -0.3 is 4.74 Å². The highest BCUT2D eigenvalue weighted by Crippen LogP contribution is 2.22. The molecule has 0 aromatic heterocycles. The van der Waals surface area contributed by atoms with E-state index in [1.54, 1.807) is 0 Å². The zero-order chi connectivity index (χ0) is 14.5. The fourth-order valence-corrected chi connectivity index (χ4v) is 6.41. The van der Waals surface area contributed by atoms with Crippen molar-refractivity contribution in [1.82, 2.24) is 4.31 Å².